The molecule has 0 aliphatic heterocycles. The van der Waals surface area contributed by atoms with Crippen molar-refractivity contribution in [3.05, 3.63) is 56.7 Å². The number of aryl methyl sites for hydroxylation is 2. The Kier molecular flexibility index (Phi) is 7.80. The van der Waals surface area contributed by atoms with Gasteiger partial charge in [-0.3, -0.25) is 25.2 Å². The van der Waals surface area contributed by atoms with Crippen LogP contribution in [0.5, 0.6) is 5.75 Å². The number of ether oxygens (including phenoxy) is 1. The molecule has 8 heteroatoms. The molecule has 0 fully saturated rings. The molecule has 3 amide bonds. The number of anilines is 1. The van der Waals surface area contributed by atoms with Gasteiger partial charge >= 0.3 is 0 Å². The fourth-order valence-corrected chi connectivity index (χ4v) is 3.07. The zero-order chi connectivity index (χ0) is 20.7. The van der Waals surface area contributed by atoms with Crippen LogP contribution in [-0.4, -0.2) is 24.8 Å². The molecule has 2 aromatic rings. The molecule has 28 heavy (non-hydrogen) atoms. The molecule has 2 aromatic carbocycles. The van der Waals surface area contributed by atoms with Gasteiger partial charge in [0.2, 0.25) is 11.8 Å². The van der Waals surface area contributed by atoms with Crippen molar-refractivity contribution in [3.63, 3.8) is 0 Å². The fourth-order valence-electron chi connectivity index (χ4n) is 2.34. The SMILES string of the molecule is COc1ccc(C(=O)NNC(=O)CCC(=O)Nc2ccc(C)c(C)c2)cc1I. The van der Waals surface area contributed by atoms with Crippen LogP contribution in [-0.2, 0) is 9.59 Å². The topological polar surface area (TPSA) is 96.5 Å². The van der Waals surface area contributed by atoms with E-state index < -0.39 is 11.8 Å². The van der Waals surface area contributed by atoms with E-state index in [0.29, 0.717) is 17.0 Å². The van der Waals surface area contributed by atoms with Gasteiger partial charge in [-0.25, -0.2) is 0 Å². The van der Waals surface area contributed by atoms with Gasteiger partial charge in [0.05, 0.1) is 10.7 Å². The molecule has 3 N–H and O–H groups in total. The Morgan fingerprint density at radius 1 is 0.929 bits per heavy atom. The van der Waals surface area contributed by atoms with E-state index >= 15 is 0 Å². The number of carbonyl (C=O) groups excluding carboxylic acids is 3. The number of methoxy groups -OCH3 is 1. The van der Waals surface area contributed by atoms with Gasteiger partial charge < -0.3 is 10.1 Å². The Bertz CT molecular complexity index is 899. The maximum absolute atomic E-state index is 12.1. The van der Waals surface area contributed by atoms with Gasteiger partial charge in [0.25, 0.3) is 5.91 Å². The Hall–Kier alpha value is -2.62. The minimum absolute atomic E-state index is 0.00899. The summed E-state index contributed by atoms with van der Waals surface area (Å²) in [5, 5.41) is 2.75. The first kappa shape index (κ1) is 21.7. The minimum Gasteiger partial charge on any atom is -0.496 e. The number of amides is 3. The third kappa shape index (κ3) is 6.22. The van der Waals surface area contributed by atoms with E-state index in [1.165, 1.54) is 0 Å². The molecule has 0 heterocycles. The number of hydrogen-bond acceptors (Lipinski definition) is 4. The highest BCUT2D eigenvalue weighted by molar-refractivity contribution is 14.1. The lowest BCUT2D eigenvalue weighted by molar-refractivity contribution is -0.124. The summed E-state index contributed by atoms with van der Waals surface area (Å²) in [6.07, 6.45) is -0.0355. The normalized spacial score (nSPS) is 10.1. The second-order valence-electron chi connectivity index (χ2n) is 6.20. The molecular formula is C20H22IN3O4. The van der Waals surface area contributed by atoms with Crippen LogP contribution in [0.4, 0.5) is 5.69 Å². The first-order chi connectivity index (χ1) is 13.3. The summed E-state index contributed by atoms with van der Waals surface area (Å²) in [5.41, 5.74) is 7.94. The lowest BCUT2D eigenvalue weighted by Gasteiger charge is -2.10. The van der Waals surface area contributed by atoms with Crippen molar-refractivity contribution in [2.24, 2.45) is 0 Å². The smallest absolute Gasteiger partial charge is 0.269 e. The summed E-state index contributed by atoms with van der Waals surface area (Å²) in [6, 6.07) is 10.5. The number of rotatable bonds is 6. The van der Waals surface area contributed by atoms with Crippen molar-refractivity contribution in [3.8, 4) is 5.75 Å². The summed E-state index contributed by atoms with van der Waals surface area (Å²) in [5.74, 6) is -0.509. The molecule has 148 valence electrons. The molecule has 7 nitrogen and oxygen atoms in total. The maximum atomic E-state index is 12.1. The summed E-state index contributed by atoms with van der Waals surface area (Å²) >= 11 is 2.06. The van der Waals surface area contributed by atoms with Crippen molar-refractivity contribution < 1.29 is 19.1 Å². The second kappa shape index (κ2) is 10.1. The molecule has 0 saturated carbocycles. The van der Waals surface area contributed by atoms with E-state index in [0.717, 1.165) is 14.7 Å². The van der Waals surface area contributed by atoms with Crippen LogP contribution < -0.4 is 20.9 Å². The summed E-state index contributed by atoms with van der Waals surface area (Å²) in [7, 11) is 1.55. The van der Waals surface area contributed by atoms with E-state index in [-0.39, 0.29) is 18.7 Å². The van der Waals surface area contributed by atoms with Crippen molar-refractivity contribution >= 4 is 46.0 Å². The Morgan fingerprint density at radius 3 is 2.29 bits per heavy atom. The molecule has 0 unspecified atom stereocenters. The maximum Gasteiger partial charge on any atom is 0.269 e. The lowest BCUT2D eigenvalue weighted by Crippen LogP contribution is -2.41. The predicted octanol–water partition coefficient (Wildman–Crippen LogP) is 3.10. The lowest BCUT2D eigenvalue weighted by atomic mass is 10.1. The van der Waals surface area contributed by atoms with Gasteiger partial charge in [-0.05, 0) is 77.9 Å². The number of nitrogens with one attached hydrogen (secondary N) is 3. The first-order valence-corrected chi connectivity index (χ1v) is 9.68. The Morgan fingerprint density at radius 2 is 1.64 bits per heavy atom. The van der Waals surface area contributed by atoms with Crippen molar-refractivity contribution in [1.29, 1.82) is 0 Å². The highest BCUT2D eigenvalue weighted by Gasteiger charge is 2.11. The molecule has 2 rings (SSSR count). The van der Waals surface area contributed by atoms with Gasteiger partial charge in [0.15, 0.2) is 0 Å². The highest BCUT2D eigenvalue weighted by Crippen LogP contribution is 2.21. The Labute approximate surface area is 177 Å². The number of benzene rings is 2. The number of hydrogen-bond donors (Lipinski definition) is 3. The van der Waals surface area contributed by atoms with E-state index in [4.69, 9.17) is 4.74 Å². The Balaban J connectivity index is 1.77. The monoisotopic (exact) mass is 495 g/mol. The van der Waals surface area contributed by atoms with Crippen LogP contribution >= 0.6 is 22.6 Å². The summed E-state index contributed by atoms with van der Waals surface area (Å²) < 4.78 is 5.92. The molecular weight excluding hydrogens is 473 g/mol. The molecule has 0 aliphatic rings. The molecule has 0 aliphatic carbocycles. The van der Waals surface area contributed by atoms with Crippen molar-refractivity contribution in [2.45, 2.75) is 26.7 Å². The predicted molar refractivity (Wildman–Crippen MR) is 115 cm³/mol. The van der Waals surface area contributed by atoms with E-state index in [1.807, 2.05) is 32.0 Å². The van der Waals surface area contributed by atoms with Gasteiger partial charge in [0.1, 0.15) is 5.75 Å². The largest absolute Gasteiger partial charge is 0.496 e. The minimum atomic E-state index is -0.452. The van der Waals surface area contributed by atoms with E-state index in [2.05, 4.69) is 38.8 Å². The van der Waals surface area contributed by atoms with Crippen LogP contribution in [0.15, 0.2) is 36.4 Å². The highest BCUT2D eigenvalue weighted by atomic mass is 127. The van der Waals surface area contributed by atoms with Gasteiger partial charge in [0, 0.05) is 24.1 Å². The average Bonchev–Trinajstić information content (AvgIpc) is 2.67. The third-order valence-electron chi connectivity index (χ3n) is 4.10. The second-order valence-corrected chi connectivity index (χ2v) is 7.36. The van der Waals surface area contributed by atoms with Crippen LogP contribution in [0, 0.1) is 17.4 Å². The van der Waals surface area contributed by atoms with Crippen LogP contribution in [0.2, 0.25) is 0 Å². The van der Waals surface area contributed by atoms with E-state index in [9.17, 15) is 14.4 Å². The molecule has 0 saturated heterocycles. The van der Waals surface area contributed by atoms with Crippen molar-refractivity contribution in [1.82, 2.24) is 10.9 Å². The first-order valence-electron chi connectivity index (χ1n) is 8.60. The van der Waals surface area contributed by atoms with Gasteiger partial charge in [-0.15, -0.1) is 0 Å². The molecule has 0 aromatic heterocycles. The third-order valence-corrected chi connectivity index (χ3v) is 4.94. The fraction of sp³-hybridized carbons (Fsp3) is 0.250. The molecule has 0 spiro atoms. The molecule has 0 radical (unpaired) electrons. The zero-order valence-electron chi connectivity index (χ0n) is 15.9. The quantitative estimate of drug-likeness (QED) is 0.424. The molecule has 0 bridgehead atoms. The summed E-state index contributed by atoms with van der Waals surface area (Å²) in [4.78, 5) is 35.9. The summed E-state index contributed by atoms with van der Waals surface area (Å²) in [6.45, 7) is 3.96. The zero-order valence-corrected chi connectivity index (χ0v) is 18.0. The average molecular weight is 495 g/mol. The van der Waals surface area contributed by atoms with E-state index in [1.54, 1.807) is 25.3 Å². The van der Waals surface area contributed by atoms with Crippen LogP contribution in [0.1, 0.15) is 34.3 Å². The number of carbonyl (C=O) groups is 3. The van der Waals surface area contributed by atoms with Crippen LogP contribution in [0.25, 0.3) is 0 Å². The number of halogens is 1. The van der Waals surface area contributed by atoms with Gasteiger partial charge in [-0.1, -0.05) is 6.07 Å². The van der Waals surface area contributed by atoms with Crippen LogP contribution in [0.3, 0.4) is 0 Å². The molecule has 0 atom stereocenters. The van der Waals surface area contributed by atoms with Crippen molar-refractivity contribution in [2.75, 3.05) is 12.4 Å². The van der Waals surface area contributed by atoms with Gasteiger partial charge in [-0.2, -0.15) is 0 Å². The number of hydrazine groups is 1. The standard InChI is InChI=1S/C20H22IN3O4/c1-12-4-6-15(10-13(12)2)22-18(25)8-9-19(26)23-24-20(27)14-5-7-17(28-3)16(21)11-14/h4-7,10-11H,8-9H2,1-3H3,(H,22,25)(H,23,26)(H,24,27).